The molecule has 0 aromatic heterocycles. The molecule has 0 aromatic carbocycles. The van der Waals surface area contributed by atoms with Gasteiger partial charge < -0.3 is 15.2 Å². The van der Waals surface area contributed by atoms with Gasteiger partial charge in [-0.05, 0) is 18.6 Å². The summed E-state index contributed by atoms with van der Waals surface area (Å²) in [5, 5.41) is 12.0. The molecule has 0 spiro atoms. The molecule has 2 rings (SSSR count). The van der Waals surface area contributed by atoms with Gasteiger partial charge in [0.2, 0.25) is 5.91 Å². The second-order valence-electron chi connectivity index (χ2n) is 4.49. The van der Waals surface area contributed by atoms with E-state index in [1.165, 1.54) is 0 Å². The minimum Gasteiger partial charge on any atom is -0.480 e. The molecule has 1 unspecified atom stereocenters. The first-order valence-electron chi connectivity index (χ1n) is 5.89. The van der Waals surface area contributed by atoms with E-state index in [2.05, 4.69) is 5.32 Å². The number of carboxylic acids is 1. The van der Waals surface area contributed by atoms with Crippen molar-refractivity contribution >= 4 is 23.6 Å². The lowest BCUT2D eigenvalue weighted by Crippen LogP contribution is -2.58. The first-order valence-corrected chi connectivity index (χ1v) is 6.94. The number of nitrogens with one attached hydrogen (secondary N) is 1. The zero-order valence-electron chi connectivity index (χ0n) is 9.61. The maximum absolute atomic E-state index is 12.0. The zero-order valence-corrected chi connectivity index (χ0v) is 10.4. The van der Waals surface area contributed by atoms with E-state index in [9.17, 15) is 14.7 Å². The summed E-state index contributed by atoms with van der Waals surface area (Å²) in [7, 11) is 0. The number of hydrogen-bond donors (Lipinski definition) is 2. The molecule has 2 heterocycles. The molecule has 2 aliphatic rings. The summed E-state index contributed by atoms with van der Waals surface area (Å²) in [6.07, 6.45) is 2.59. The average Bonchev–Trinajstić information content (AvgIpc) is 2.83. The third-order valence-corrected chi connectivity index (χ3v) is 4.72. The van der Waals surface area contributed by atoms with Crippen LogP contribution in [0.15, 0.2) is 0 Å². The summed E-state index contributed by atoms with van der Waals surface area (Å²) in [4.78, 5) is 23.3. The van der Waals surface area contributed by atoms with Crippen LogP contribution in [0, 0.1) is 0 Å². The highest BCUT2D eigenvalue weighted by atomic mass is 32.2. The Bertz CT molecular complexity index is 309. The second kappa shape index (κ2) is 5.27. The molecular weight excluding hydrogens is 242 g/mol. The number of amides is 1. The lowest BCUT2D eigenvalue weighted by Gasteiger charge is -2.34. The molecule has 1 atom stereocenters. The molecule has 2 fully saturated rings. The molecule has 0 aliphatic carbocycles. The summed E-state index contributed by atoms with van der Waals surface area (Å²) in [5.74, 6) is -0.0877. The van der Waals surface area contributed by atoms with Crippen molar-refractivity contribution < 1.29 is 19.4 Å². The van der Waals surface area contributed by atoms with Crippen molar-refractivity contribution in [3.05, 3.63) is 0 Å². The summed E-state index contributed by atoms with van der Waals surface area (Å²) in [5.41, 5.74) is -1.11. The molecule has 0 aromatic rings. The Hall–Kier alpha value is -0.750. The molecule has 2 saturated heterocycles. The lowest BCUT2D eigenvalue weighted by molar-refractivity contribution is -0.152. The Morgan fingerprint density at radius 3 is 2.59 bits per heavy atom. The largest absolute Gasteiger partial charge is 0.480 e. The van der Waals surface area contributed by atoms with Crippen molar-refractivity contribution in [1.29, 1.82) is 0 Å². The van der Waals surface area contributed by atoms with Crippen molar-refractivity contribution in [1.82, 2.24) is 5.32 Å². The Kier molecular flexibility index (Phi) is 3.93. The molecule has 6 heteroatoms. The third-order valence-electron chi connectivity index (χ3n) is 3.34. The van der Waals surface area contributed by atoms with Gasteiger partial charge in [-0.1, -0.05) is 0 Å². The van der Waals surface area contributed by atoms with Gasteiger partial charge in [0.1, 0.15) is 5.54 Å². The molecule has 0 radical (unpaired) electrons. The Morgan fingerprint density at radius 1 is 1.35 bits per heavy atom. The van der Waals surface area contributed by atoms with Gasteiger partial charge >= 0.3 is 5.97 Å². The molecule has 96 valence electrons. The zero-order chi connectivity index (χ0) is 12.3. The Balaban J connectivity index is 2.01. The molecule has 0 saturated carbocycles. The number of hydrogen-bond acceptors (Lipinski definition) is 4. The molecular formula is C11H17NO4S. The summed E-state index contributed by atoms with van der Waals surface area (Å²) < 4.78 is 5.16. The predicted octanol–water partition coefficient (Wildman–Crippen LogP) is 0.632. The third kappa shape index (κ3) is 2.74. The molecule has 17 heavy (non-hydrogen) atoms. The monoisotopic (exact) mass is 259 g/mol. The van der Waals surface area contributed by atoms with Crippen molar-refractivity contribution in [3.8, 4) is 0 Å². The highest BCUT2D eigenvalue weighted by molar-refractivity contribution is 8.00. The number of ether oxygens (including phenoxy) is 1. The van der Waals surface area contributed by atoms with Gasteiger partial charge in [0.05, 0.1) is 5.25 Å². The Labute approximate surface area is 104 Å². The van der Waals surface area contributed by atoms with E-state index in [0.29, 0.717) is 26.1 Å². The number of carbonyl (C=O) groups is 2. The quantitative estimate of drug-likeness (QED) is 0.777. The second-order valence-corrected chi connectivity index (χ2v) is 5.80. The number of carbonyl (C=O) groups excluding carboxylic acids is 1. The van der Waals surface area contributed by atoms with Crippen LogP contribution in [0.4, 0.5) is 0 Å². The van der Waals surface area contributed by atoms with E-state index in [4.69, 9.17) is 4.74 Å². The SMILES string of the molecule is O=C(NC1(C(=O)O)CCOCC1)C1CCCS1. The van der Waals surface area contributed by atoms with Gasteiger partial charge in [0, 0.05) is 26.1 Å². The average molecular weight is 259 g/mol. The number of thioether (sulfide) groups is 1. The van der Waals surface area contributed by atoms with Crippen molar-refractivity contribution in [2.24, 2.45) is 0 Å². The van der Waals surface area contributed by atoms with E-state index >= 15 is 0 Å². The van der Waals surface area contributed by atoms with Crippen molar-refractivity contribution in [2.75, 3.05) is 19.0 Å². The first kappa shape index (κ1) is 12.7. The highest BCUT2D eigenvalue weighted by Crippen LogP contribution is 2.28. The van der Waals surface area contributed by atoms with Crippen LogP contribution >= 0.6 is 11.8 Å². The fourth-order valence-electron chi connectivity index (χ4n) is 2.21. The molecule has 5 nitrogen and oxygen atoms in total. The number of aliphatic carboxylic acids is 1. The van der Waals surface area contributed by atoms with Crippen LogP contribution in [0.2, 0.25) is 0 Å². The fraction of sp³-hybridized carbons (Fsp3) is 0.818. The van der Waals surface area contributed by atoms with Gasteiger partial charge in [0.15, 0.2) is 0 Å². The smallest absolute Gasteiger partial charge is 0.329 e. The first-order chi connectivity index (χ1) is 8.14. The molecule has 2 aliphatic heterocycles. The normalized spacial score (nSPS) is 27.6. The topological polar surface area (TPSA) is 75.6 Å². The van der Waals surface area contributed by atoms with Crippen LogP contribution < -0.4 is 5.32 Å². The van der Waals surface area contributed by atoms with Gasteiger partial charge in [-0.15, -0.1) is 11.8 Å². The molecule has 1 amide bonds. The standard InChI is InChI=1S/C11H17NO4S/c13-9(8-2-1-7-17-8)12-11(10(14)15)3-5-16-6-4-11/h8H,1-7H2,(H,12,13)(H,14,15). The van der Waals surface area contributed by atoms with E-state index in [1.54, 1.807) is 11.8 Å². The molecule has 0 bridgehead atoms. The van der Waals surface area contributed by atoms with Crippen LogP contribution in [0.3, 0.4) is 0 Å². The van der Waals surface area contributed by atoms with E-state index in [1.807, 2.05) is 0 Å². The fourth-order valence-corrected chi connectivity index (χ4v) is 3.37. The van der Waals surface area contributed by atoms with Crippen LogP contribution in [0.25, 0.3) is 0 Å². The van der Waals surface area contributed by atoms with Crippen molar-refractivity contribution in [2.45, 2.75) is 36.5 Å². The van der Waals surface area contributed by atoms with E-state index in [0.717, 1.165) is 18.6 Å². The highest BCUT2D eigenvalue weighted by Gasteiger charge is 2.43. The van der Waals surface area contributed by atoms with E-state index < -0.39 is 11.5 Å². The minimum atomic E-state index is -1.11. The summed E-state index contributed by atoms with van der Waals surface area (Å²) in [6, 6.07) is 0. The number of carboxylic acid groups (broad SMARTS) is 1. The summed E-state index contributed by atoms with van der Waals surface area (Å²) >= 11 is 1.61. The van der Waals surface area contributed by atoms with Crippen LogP contribution in [-0.2, 0) is 14.3 Å². The number of rotatable bonds is 3. The Morgan fingerprint density at radius 2 is 2.06 bits per heavy atom. The maximum atomic E-state index is 12.0. The van der Waals surface area contributed by atoms with Gasteiger partial charge in [-0.3, -0.25) is 4.79 Å². The van der Waals surface area contributed by atoms with Crippen LogP contribution in [-0.4, -0.2) is 46.7 Å². The predicted molar refractivity (Wildman–Crippen MR) is 64.0 cm³/mol. The summed E-state index contributed by atoms with van der Waals surface area (Å²) in [6.45, 7) is 0.786. The maximum Gasteiger partial charge on any atom is 0.329 e. The minimum absolute atomic E-state index is 0.0749. The van der Waals surface area contributed by atoms with E-state index in [-0.39, 0.29) is 11.2 Å². The van der Waals surface area contributed by atoms with Gasteiger partial charge in [-0.25, -0.2) is 4.79 Å². The van der Waals surface area contributed by atoms with Crippen LogP contribution in [0.5, 0.6) is 0 Å². The van der Waals surface area contributed by atoms with Crippen LogP contribution in [0.1, 0.15) is 25.7 Å². The lowest BCUT2D eigenvalue weighted by atomic mass is 9.90. The van der Waals surface area contributed by atoms with Gasteiger partial charge in [-0.2, -0.15) is 0 Å². The molecule has 2 N–H and O–H groups in total. The van der Waals surface area contributed by atoms with Crippen molar-refractivity contribution in [3.63, 3.8) is 0 Å². The van der Waals surface area contributed by atoms with Gasteiger partial charge in [0.25, 0.3) is 0 Å².